The van der Waals surface area contributed by atoms with Gasteiger partial charge in [-0.2, -0.15) is 9.97 Å². The number of hydrogen-bond donors (Lipinski definition) is 2. The van der Waals surface area contributed by atoms with E-state index >= 15 is 0 Å². The molecule has 34 heavy (non-hydrogen) atoms. The van der Waals surface area contributed by atoms with Crippen molar-refractivity contribution >= 4 is 39.9 Å². The second-order valence-electron chi connectivity index (χ2n) is 8.50. The Morgan fingerprint density at radius 3 is 2.44 bits per heavy atom. The zero-order chi connectivity index (χ0) is 23.5. The van der Waals surface area contributed by atoms with Gasteiger partial charge in [-0.25, -0.2) is 9.97 Å². The third kappa shape index (κ3) is 4.74. The minimum atomic E-state index is -0.791. The second kappa shape index (κ2) is 10.3. The highest BCUT2D eigenvalue weighted by Gasteiger charge is 2.27. The van der Waals surface area contributed by atoms with Gasteiger partial charge in [0, 0.05) is 45.3 Å². The maximum absolute atomic E-state index is 12.0. The fourth-order valence-electron chi connectivity index (χ4n) is 4.30. The first-order chi connectivity index (χ1) is 16.6. The Morgan fingerprint density at radius 2 is 1.74 bits per heavy atom. The molecule has 4 heterocycles. The average Bonchev–Trinajstić information content (AvgIpc) is 2.89. The number of nitrogens with one attached hydrogen (secondary N) is 1. The molecular weight excluding hydrogens is 452 g/mol. The summed E-state index contributed by atoms with van der Waals surface area (Å²) in [6, 6.07) is 9.99. The summed E-state index contributed by atoms with van der Waals surface area (Å²) in [7, 11) is 1.90. The van der Waals surface area contributed by atoms with Crippen molar-refractivity contribution in [3.63, 3.8) is 0 Å². The number of anilines is 3. The van der Waals surface area contributed by atoms with E-state index in [0.717, 1.165) is 43.3 Å². The van der Waals surface area contributed by atoms with E-state index in [1.54, 1.807) is 0 Å². The van der Waals surface area contributed by atoms with Gasteiger partial charge >= 0.3 is 0 Å². The van der Waals surface area contributed by atoms with Crippen molar-refractivity contribution in [2.75, 3.05) is 85.7 Å². The van der Waals surface area contributed by atoms with Crippen molar-refractivity contribution in [1.82, 2.24) is 25.3 Å². The predicted octanol–water partition coefficient (Wildman–Crippen LogP) is 0.494. The van der Waals surface area contributed by atoms with Crippen LogP contribution in [0.4, 0.5) is 17.6 Å². The maximum atomic E-state index is 12.0. The number of likely N-dealkylation sites (N-methyl/N-ethyl adjacent to an activating group) is 1. The Bertz CT molecular complexity index is 1120. The molecule has 2 fully saturated rings. The minimum Gasteiger partial charge on any atom is -0.616 e. The van der Waals surface area contributed by atoms with Gasteiger partial charge in [-0.05, 0) is 0 Å². The molecule has 2 N–H and O–H groups in total. The van der Waals surface area contributed by atoms with Gasteiger partial charge in [0.15, 0.2) is 22.8 Å². The first kappa shape index (κ1) is 23.0. The van der Waals surface area contributed by atoms with Crippen LogP contribution in [0, 0.1) is 0 Å². The Kier molecular flexibility index (Phi) is 6.95. The highest BCUT2D eigenvalue weighted by Crippen LogP contribution is 2.33. The van der Waals surface area contributed by atoms with E-state index in [4.69, 9.17) is 19.9 Å². The standard InChI is InChI=1S/C23H30N8O2S/c1-29(11-14-32)21-19-20(27-23(28-21)31-9-7-24-8-10-31)26-22(30-12-15-34(33)16-13-30)18(25-19)17-5-3-2-4-6-17/h2-6,24,32H,7-16H2,1H3. The molecule has 3 aromatic rings. The second-order valence-corrected chi connectivity index (χ2v) is 10.2. The molecule has 0 amide bonds. The monoisotopic (exact) mass is 482 g/mol. The molecule has 0 saturated carbocycles. The topological polar surface area (TPSA) is 117 Å². The van der Waals surface area contributed by atoms with Crippen LogP contribution in [0.1, 0.15) is 0 Å². The van der Waals surface area contributed by atoms with Gasteiger partial charge in [-0.1, -0.05) is 41.5 Å². The van der Waals surface area contributed by atoms with Crippen molar-refractivity contribution in [2.45, 2.75) is 0 Å². The summed E-state index contributed by atoms with van der Waals surface area (Å²) in [5, 5.41) is 12.9. The Labute approximate surface area is 202 Å². The van der Waals surface area contributed by atoms with E-state index in [1.165, 1.54) is 0 Å². The largest absolute Gasteiger partial charge is 0.616 e. The number of aromatic nitrogens is 4. The summed E-state index contributed by atoms with van der Waals surface area (Å²) in [4.78, 5) is 26.1. The molecule has 2 aromatic heterocycles. The summed E-state index contributed by atoms with van der Waals surface area (Å²) in [6.45, 7) is 5.14. The van der Waals surface area contributed by atoms with Crippen molar-refractivity contribution in [1.29, 1.82) is 0 Å². The number of nitrogens with zero attached hydrogens (tertiary/aromatic N) is 7. The first-order valence-corrected chi connectivity index (χ1v) is 13.2. The van der Waals surface area contributed by atoms with Crippen LogP contribution in [-0.2, 0) is 11.2 Å². The van der Waals surface area contributed by atoms with Crippen LogP contribution in [0.5, 0.6) is 0 Å². The van der Waals surface area contributed by atoms with Crippen LogP contribution in [-0.4, -0.2) is 101 Å². The molecule has 10 nitrogen and oxygen atoms in total. The highest BCUT2D eigenvalue weighted by molar-refractivity contribution is 7.91. The van der Waals surface area contributed by atoms with Crippen LogP contribution < -0.4 is 20.0 Å². The van der Waals surface area contributed by atoms with E-state index in [2.05, 4.69) is 15.1 Å². The average molecular weight is 483 g/mol. The molecule has 5 rings (SSSR count). The van der Waals surface area contributed by atoms with E-state index in [1.807, 2.05) is 42.3 Å². The third-order valence-electron chi connectivity index (χ3n) is 6.20. The molecule has 2 aliphatic heterocycles. The Hall–Kier alpha value is -2.73. The fourth-order valence-corrected chi connectivity index (χ4v) is 5.35. The Morgan fingerprint density at radius 1 is 1.00 bits per heavy atom. The van der Waals surface area contributed by atoms with Crippen molar-refractivity contribution in [3.8, 4) is 11.3 Å². The molecule has 0 atom stereocenters. The predicted molar refractivity (Wildman–Crippen MR) is 136 cm³/mol. The number of aliphatic hydroxyl groups is 1. The normalized spacial score (nSPS) is 17.4. The molecule has 0 aliphatic carbocycles. The van der Waals surface area contributed by atoms with E-state index in [-0.39, 0.29) is 6.61 Å². The lowest BCUT2D eigenvalue weighted by Crippen LogP contribution is -2.44. The third-order valence-corrected chi connectivity index (χ3v) is 7.48. The number of benzene rings is 1. The molecule has 0 radical (unpaired) electrons. The number of piperazine rings is 1. The zero-order valence-electron chi connectivity index (χ0n) is 19.4. The molecule has 0 unspecified atom stereocenters. The molecule has 0 spiro atoms. The van der Waals surface area contributed by atoms with Crippen LogP contribution in [0.25, 0.3) is 22.4 Å². The summed E-state index contributed by atoms with van der Waals surface area (Å²) >= 11 is -0.791. The lowest BCUT2D eigenvalue weighted by molar-refractivity contribution is 0.304. The SMILES string of the molecule is CN(CCO)c1nc(N2CCNCC2)nc2nc(N3CC[S+]([O-])CC3)c(-c3ccccc3)nc12. The van der Waals surface area contributed by atoms with Gasteiger partial charge in [0.05, 0.1) is 19.7 Å². The molecule has 2 saturated heterocycles. The van der Waals surface area contributed by atoms with Crippen LogP contribution >= 0.6 is 0 Å². The van der Waals surface area contributed by atoms with Crippen LogP contribution in [0.15, 0.2) is 30.3 Å². The van der Waals surface area contributed by atoms with Gasteiger partial charge in [-0.3, -0.25) is 0 Å². The highest BCUT2D eigenvalue weighted by atomic mass is 32.2. The van der Waals surface area contributed by atoms with Crippen molar-refractivity contribution in [2.24, 2.45) is 0 Å². The number of rotatable bonds is 6. The molecule has 0 bridgehead atoms. The van der Waals surface area contributed by atoms with Crippen molar-refractivity contribution in [3.05, 3.63) is 30.3 Å². The summed E-state index contributed by atoms with van der Waals surface area (Å²) < 4.78 is 12.0. The molecule has 1 aromatic carbocycles. The quantitative estimate of drug-likeness (QED) is 0.481. The van der Waals surface area contributed by atoms with Crippen LogP contribution in [0.2, 0.25) is 0 Å². The lowest BCUT2D eigenvalue weighted by Gasteiger charge is -2.31. The first-order valence-electron chi connectivity index (χ1n) is 11.7. The Balaban J connectivity index is 1.69. The van der Waals surface area contributed by atoms with Gasteiger partial charge in [0.2, 0.25) is 5.95 Å². The van der Waals surface area contributed by atoms with E-state index < -0.39 is 11.2 Å². The summed E-state index contributed by atoms with van der Waals surface area (Å²) in [5.41, 5.74) is 2.86. The molecule has 11 heteroatoms. The number of hydrogen-bond acceptors (Lipinski definition) is 10. The van der Waals surface area contributed by atoms with Crippen molar-refractivity contribution < 1.29 is 9.66 Å². The van der Waals surface area contributed by atoms with Gasteiger partial charge in [0.1, 0.15) is 17.2 Å². The van der Waals surface area contributed by atoms with Crippen LogP contribution in [0.3, 0.4) is 0 Å². The van der Waals surface area contributed by atoms with Gasteiger partial charge in [-0.15, -0.1) is 0 Å². The molecule has 2 aliphatic rings. The van der Waals surface area contributed by atoms with Gasteiger partial charge < -0.3 is 29.7 Å². The number of fused-ring (bicyclic) bond motifs is 1. The molecular formula is C23H30N8O2S. The van der Waals surface area contributed by atoms with E-state index in [9.17, 15) is 9.66 Å². The lowest BCUT2D eigenvalue weighted by atomic mass is 10.1. The maximum Gasteiger partial charge on any atom is 0.229 e. The zero-order valence-corrected chi connectivity index (χ0v) is 20.2. The smallest absolute Gasteiger partial charge is 0.229 e. The van der Waals surface area contributed by atoms with E-state index in [0.29, 0.717) is 54.1 Å². The minimum absolute atomic E-state index is 0.00688. The fraction of sp³-hybridized carbons (Fsp3) is 0.478. The summed E-state index contributed by atoms with van der Waals surface area (Å²) in [5.74, 6) is 3.28. The van der Waals surface area contributed by atoms with Gasteiger partial charge in [0.25, 0.3) is 0 Å². The number of aliphatic hydroxyl groups excluding tert-OH is 1. The molecule has 180 valence electrons. The summed E-state index contributed by atoms with van der Waals surface area (Å²) in [6.07, 6.45) is 0.